The van der Waals surface area contributed by atoms with Crippen LogP contribution in [0, 0.1) is 5.92 Å². The Kier molecular flexibility index (Phi) is 6.82. The highest BCUT2D eigenvalue weighted by Crippen LogP contribution is 2.18. The van der Waals surface area contributed by atoms with Crippen LogP contribution in [0.25, 0.3) is 0 Å². The van der Waals surface area contributed by atoms with Crippen LogP contribution < -0.4 is 5.32 Å². The fourth-order valence-electron chi connectivity index (χ4n) is 1.75. The van der Waals surface area contributed by atoms with E-state index in [1.165, 1.54) is 0 Å². The molecule has 0 spiro atoms. The molecule has 0 aliphatic heterocycles. The second-order valence-corrected chi connectivity index (χ2v) is 4.69. The average molecular weight is 255 g/mol. The van der Waals surface area contributed by atoms with E-state index in [1.54, 1.807) is 0 Å². The minimum absolute atomic E-state index is 0.193. The Hall–Kier alpha value is -1.01. The van der Waals surface area contributed by atoms with Crippen LogP contribution in [-0.4, -0.2) is 40.0 Å². The largest absolute Gasteiger partial charge is 0.380 e. The van der Waals surface area contributed by atoms with Gasteiger partial charge in [0.1, 0.15) is 0 Å². The number of hydrogen-bond donors (Lipinski definition) is 1. The third kappa shape index (κ3) is 4.34. The molecule has 1 rings (SSSR count). The van der Waals surface area contributed by atoms with Crippen molar-refractivity contribution >= 4 is 0 Å². The summed E-state index contributed by atoms with van der Waals surface area (Å²) in [6.07, 6.45) is 1.11. The van der Waals surface area contributed by atoms with Gasteiger partial charge < -0.3 is 10.1 Å². The first-order valence-electron chi connectivity index (χ1n) is 6.75. The first kappa shape index (κ1) is 15.0. The lowest BCUT2D eigenvalue weighted by molar-refractivity contribution is 0.0891. The molecular formula is C12H25N5O. The average Bonchev–Trinajstić information content (AvgIpc) is 2.78. The van der Waals surface area contributed by atoms with Gasteiger partial charge in [0, 0.05) is 6.61 Å². The van der Waals surface area contributed by atoms with E-state index in [0.717, 1.165) is 25.4 Å². The zero-order valence-corrected chi connectivity index (χ0v) is 11.9. The van der Waals surface area contributed by atoms with E-state index < -0.39 is 0 Å². The van der Waals surface area contributed by atoms with Gasteiger partial charge in [0.2, 0.25) is 0 Å². The van der Waals surface area contributed by atoms with Gasteiger partial charge >= 0.3 is 0 Å². The van der Waals surface area contributed by atoms with E-state index in [-0.39, 0.29) is 6.04 Å². The van der Waals surface area contributed by atoms with Crippen molar-refractivity contribution in [1.29, 1.82) is 0 Å². The number of nitrogens with one attached hydrogen (secondary N) is 1. The number of hydrogen-bond acceptors (Lipinski definition) is 5. The Morgan fingerprint density at radius 2 is 2.11 bits per heavy atom. The molecule has 1 aromatic heterocycles. The topological polar surface area (TPSA) is 64.9 Å². The number of nitrogens with zero attached hydrogens (tertiary/aromatic N) is 4. The van der Waals surface area contributed by atoms with Crippen LogP contribution in [-0.2, 0) is 11.3 Å². The highest BCUT2D eigenvalue weighted by Gasteiger charge is 2.20. The van der Waals surface area contributed by atoms with E-state index in [2.05, 4.69) is 41.6 Å². The standard InChI is InChI=1S/C12H25N5O/c1-5-7-13-8-12-14-15-16-17(12)11(10(3)4)9-18-6-2/h10-11,13H,5-9H2,1-4H3. The van der Waals surface area contributed by atoms with Crippen molar-refractivity contribution in [2.45, 2.75) is 46.7 Å². The van der Waals surface area contributed by atoms with Gasteiger partial charge in [-0.05, 0) is 36.2 Å². The van der Waals surface area contributed by atoms with E-state index in [4.69, 9.17) is 4.74 Å². The number of tetrazole rings is 1. The predicted molar refractivity (Wildman–Crippen MR) is 70.2 cm³/mol. The van der Waals surface area contributed by atoms with Crippen molar-refractivity contribution in [2.75, 3.05) is 19.8 Å². The molecule has 0 aliphatic rings. The van der Waals surface area contributed by atoms with Crippen LogP contribution in [0.3, 0.4) is 0 Å². The number of aromatic nitrogens is 4. The normalized spacial score (nSPS) is 13.2. The van der Waals surface area contributed by atoms with Crippen LogP contribution in [0.1, 0.15) is 46.0 Å². The van der Waals surface area contributed by atoms with Gasteiger partial charge in [0.15, 0.2) is 5.82 Å². The molecule has 6 heteroatoms. The van der Waals surface area contributed by atoms with Crippen LogP contribution >= 0.6 is 0 Å². The molecule has 0 radical (unpaired) electrons. The quantitative estimate of drug-likeness (QED) is 0.676. The molecule has 1 heterocycles. The van der Waals surface area contributed by atoms with Gasteiger partial charge in [0.25, 0.3) is 0 Å². The zero-order valence-electron chi connectivity index (χ0n) is 11.9. The molecule has 1 N–H and O–H groups in total. The monoisotopic (exact) mass is 255 g/mol. The summed E-state index contributed by atoms with van der Waals surface area (Å²) in [5.74, 6) is 1.31. The minimum Gasteiger partial charge on any atom is -0.380 e. The molecule has 0 saturated heterocycles. The highest BCUT2D eigenvalue weighted by molar-refractivity contribution is 4.85. The maximum atomic E-state index is 5.52. The molecule has 1 unspecified atom stereocenters. The fourth-order valence-corrected chi connectivity index (χ4v) is 1.75. The Bertz CT molecular complexity index is 326. The molecule has 104 valence electrons. The molecule has 0 aliphatic carbocycles. The molecule has 0 amide bonds. The van der Waals surface area contributed by atoms with Gasteiger partial charge in [-0.15, -0.1) is 5.10 Å². The third-order valence-electron chi connectivity index (χ3n) is 2.85. The Morgan fingerprint density at radius 1 is 1.33 bits per heavy atom. The molecule has 0 fully saturated rings. The van der Waals surface area contributed by atoms with E-state index in [9.17, 15) is 0 Å². The second kappa shape index (κ2) is 8.16. The van der Waals surface area contributed by atoms with Crippen molar-refractivity contribution in [3.8, 4) is 0 Å². The summed E-state index contributed by atoms with van der Waals surface area (Å²) in [6.45, 7) is 11.5. The maximum Gasteiger partial charge on any atom is 0.165 e. The van der Waals surface area contributed by atoms with Crippen LogP contribution in [0.15, 0.2) is 0 Å². The Balaban J connectivity index is 2.68. The van der Waals surface area contributed by atoms with E-state index >= 15 is 0 Å². The first-order chi connectivity index (χ1) is 8.70. The minimum atomic E-state index is 0.193. The smallest absolute Gasteiger partial charge is 0.165 e. The lowest BCUT2D eigenvalue weighted by Gasteiger charge is -2.21. The van der Waals surface area contributed by atoms with Crippen molar-refractivity contribution in [1.82, 2.24) is 25.5 Å². The lowest BCUT2D eigenvalue weighted by atomic mass is 10.1. The molecule has 18 heavy (non-hydrogen) atoms. The molecule has 0 bridgehead atoms. The Labute approximate surface area is 109 Å². The van der Waals surface area contributed by atoms with Crippen molar-refractivity contribution in [3.63, 3.8) is 0 Å². The van der Waals surface area contributed by atoms with Crippen LogP contribution in [0.2, 0.25) is 0 Å². The summed E-state index contributed by atoms with van der Waals surface area (Å²) in [6, 6.07) is 0.193. The molecule has 0 saturated carbocycles. The molecule has 1 atom stereocenters. The Morgan fingerprint density at radius 3 is 2.72 bits per heavy atom. The van der Waals surface area contributed by atoms with Crippen molar-refractivity contribution < 1.29 is 4.74 Å². The summed E-state index contributed by atoms with van der Waals surface area (Å²) >= 11 is 0. The predicted octanol–water partition coefficient (Wildman–Crippen LogP) is 1.41. The summed E-state index contributed by atoms with van der Waals surface area (Å²) in [5, 5.41) is 15.3. The van der Waals surface area contributed by atoms with Crippen LogP contribution in [0.4, 0.5) is 0 Å². The molecule has 1 aromatic rings. The molecule has 6 nitrogen and oxygen atoms in total. The third-order valence-corrected chi connectivity index (χ3v) is 2.85. The van der Waals surface area contributed by atoms with Gasteiger partial charge in [-0.1, -0.05) is 20.8 Å². The van der Waals surface area contributed by atoms with Gasteiger partial charge in [0.05, 0.1) is 19.2 Å². The highest BCUT2D eigenvalue weighted by atomic mass is 16.5. The van der Waals surface area contributed by atoms with E-state index in [1.807, 2.05) is 11.6 Å². The summed E-state index contributed by atoms with van der Waals surface area (Å²) in [4.78, 5) is 0. The number of rotatable bonds is 9. The number of ether oxygens (including phenoxy) is 1. The lowest BCUT2D eigenvalue weighted by Crippen LogP contribution is -2.26. The van der Waals surface area contributed by atoms with Crippen LogP contribution in [0.5, 0.6) is 0 Å². The zero-order chi connectivity index (χ0) is 13.4. The molecular weight excluding hydrogens is 230 g/mol. The summed E-state index contributed by atoms with van der Waals surface area (Å²) in [7, 11) is 0. The fraction of sp³-hybridized carbons (Fsp3) is 0.917. The second-order valence-electron chi connectivity index (χ2n) is 4.69. The SMILES string of the molecule is CCCNCc1nnnn1C(COCC)C(C)C. The van der Waals surface area contributed by atoms with Crippen molar-refractivity contribution in [3.05, 3.63) is 5.82 Å². The summed E-state index contributed by atoms with van der Waals surface area (Å²) in [5.41, 5.74) is 0. The van der Waals surface area contributed by atoms with Gasteiger partial charge in [-0.3, -0.25) is 0 Å². The van der Waals surface area contributed by atoms with Gasteiger partial charge in [-0.2, -0.15) is 0 Å². The maximum absolute atomic E-state index is 5.52. The first-order valence-corrected chi connectivity index (χ1v) is 6.75. The van der Waals surface area contributed by atoms with E-state index in [0.29, 0.717) is 19.1 Å². The van der Waals surface area contributed by atoms with Crippen molar-refractivity contribution in [2.24, 2.45) is 5.92 Å². The molecule has 0 aromatic carbocycles. The van der Waals surface area contributed by atoms with Gasteiger partial charge in [-0.25, -0.2) is 4.68 Å². The summed E-state index contributed by atoms with van der Waals surface area (Å²) < 4.78 is 7.42.